The quantitative estimate of drug-likeness (QED) is 0.922. The number of fused-ring (bicyclic) bond motifs is 1. The third kappa shape index (κ3) is 2.60. The molecular formula is C16H25N3O. The van der Waals surface area contributed by atoms with Crippen molar-refractivity contribution in [2.45, 2.75) is 64.3 Å². The first-order valence-corrected chi connectivity index (χ1v) is 8.11. The molecule has 0 aliphatic heterocycles. The highest BCUT2D eigenvalue weighted by molar-refractivity contribution is 5.79. The predicted molar refractivity (Wildman–Crippen MR) is 78.4 cm³/mol. The van der Waals surface area contributed by atoms with E-state index >= 15 is 0 Å². The Morgan fingerprint density at radius 3 is 2.90 bits per heavy atom. The van der Waals surface area contributed by atoms with Crippen LogP contribution in [0.25, 0.3) is 0 Å². The first-order chi connectivity index (χ1) is 9.79. The zero-order valence-corrected chi connectivity index (χ0v) is 12.4. The fourth-order valence-electron chi connectivity index (χ4n) is 3.83. The van der Waals surface area contributed by atoms with Gasteiger partial charge in [0.15, 0.2) is 0 Å². The number of carbonyl (C=O) groups is 1. The second-order valence-electron chi connectivity index (χ2n) is 6.18. The highest BCUT2D eigenvalue weighted by Crippen LogP contribution is 2.28. The van der Waals surface area contributed by atoms with Crippen LogP contribution < -0.4 is 0 Å². The Morgan fingerprint density at radius 2 is 2.15 bits per heavy atom. The van der Waals surface area contributed by atoms with Crippen molar-refractivity contribution in [1.82, 2.24) is 14.9 Å². The van der Waals surface area contributed by atoms with Crippen molar-refractivity contribution in [1.29, 1.82) is 0 Å². The number of rotatable bonds is 3. The van der Waals surface area contributed by atoms with Gasteiger partial charge in [0, 0.05) is 30.6 Å². The Labute approximate surface area is 121 Å². The number of amides is 1. The van der Waals surface area contributed by atoms with E-state index in [-0.39, 0.29) is 5.92 Å². The van der Waals surface area contributed by atoms with Crippen molar-refractivity contribution in [2.24, 2.45) is 5.92 Å². The van der Waals surface area contributed by atoms with E-state index in [1.54, 1.807) is 6.33 Å². The largest absolute Gasteiger partial charge is 0.348 e. The molecule has 0 aromatic carbocycles. The van der Waals surface area contributed by atoms with Crippen LogP contribution in [0.1, 0.15) is 56.8 Å². The van der Waals surface area contributed by atoms with Gasteiger partial charge in [-0.3, -0.25) is 4.79 Å². The van der Waals surface area contributed by atoms with E-state index in [4.69, 9.17) is 0 Å². The van der Waals surface area contributed by atoms with Gasteiger partial charge in [-0.25, -0.2) is 4.98 Å². The minimum atomic E-state index is 0.157. The first kappa shape index (κ1) is 13.7. The number of H-pyrrole nitrogens is 1. The number of nitrogens with zero attached hydrogens (tertiary/aromatic N) is 2. The summed E-state index contributed by atoms with van der Waals surface area (Å²) in [5.74, 6) is 0.532. The average Bonchev–Trinajstić information content (AvgIpc) is 2.96. The number of hydrogen-bond donors (Lipinski definition) is 1. The van der Waals surface area contributed by atoms with Gasteiger partial charge in [-0.15, -0.1) is 0 Å². The molecule has 1 heterocycles. The molecule has 1 aromatic rings. The molecule has 3 rings (SSSR count). The molecule has 0 saturated heterocycles. The molecule has 4 nitrogen and oxygen atoms in total. The van der Waals surface area contributed by atoms with Crippen LogP contribution in [0.5, 0.6) is 0 Å². The molecule has 1 N–H and O–H groups in total. The van der Waals surface area contributed by atoms with Gasteiger partial charge in [0.25, 0.3) is 0 Å². The Kier molecular flexibility index (Phi) is 4.08. The van der Waals surface area contributed by atoms with Gasteiger partial charge in [0.05, 0.1) is 12.0 Å². The maximum atomic E-state index is 12.9. The topological polar surface area (TPSA) is 49.0 Å². The summed E-state index contributed by atoms with van der Waals surface area (Å²) in [6, 6.07) is 0.490. The maximum Gasteiger partial charge on any atom is 0.226 e. The fourth-order valence-corrected chi connectivity index (χ4v) is 3.83. The number of aromatic nitrogens is 2. The van der Waals surface area contributed by atoms with Crippen molar-refractivity contribution in [3.8, 4) is 0 Å². The third-order valence-electron chi connectivity index (χ3n) is 4.98. The summed E-state index contributed by atoms with van der Waals surface area (Å²) in [5.41, 5.74) is 2.34. The molecule has 1 amide bonds. The molecular weight excluding hydrogens is 250 g/mol. The first-order valence-electron chi connectivity index (χ1n) is 8.11. The van der Waals surface area contributed by atoms with Gasteiger partial charge in [-0.1, -0.05) is 19.3 Å². The van der Waals surface area contributed by atoms with Gasteiger partial charge >= 0.3 is 0 Å². The van der Waals surface area contributed by atoms with Crippen LogP contribution in [0.3, 0.4) is 0 Å². The number of hydrogen-bond acceptors (Lipinski definition) is 2. The summed E-state index contributed by atoms with van der Waals surface area (Å²) in [7, 11) is 0. The summed E-state index contributed by atoms with van der Waals surface area (Å²) in [4.78, 5) is 22.5. The number of aromatic amines is 1. The fraction of sp³-hybridized carbons (Fsp3) is 0.750. The Balaban J connectivity index is 1.68. The van der Waals surface area contributed by atoms with E-state index in [1.807, 2.05) is 0 Å². The lowest BCUT2D eigenvalue weighted by Gasteiger charge is -2.36. The predicted octanol–water partition coefficient (Wildman–Crippen LogP) is 2.70. The third-order valence-corrected chi connectivity index (χ3v) is 4.98. The van der Waals surface area contributed by atoms with Crippen LogP contribution in [0, 0.1) is 5.92 Å². The Bertz CT molecular complexity index is 462. The van der Waals surface area contributed by atoms with Crippen LogP contribution in [-0.2, 0) is 17.6 Å². The Hall–Kier alpha value is -1.32. The van der Waals surface area contributed by atoms with Crippen LogP contribution >= 0.6 is 0 Å². The maximum absolute atomic E-state index is 12.9. The molecule has 2 aliphatic rings. The van der Waals surface area contributed by atoms with Crippen molar-refractivity contribution in [3.63, 3.8) is 0 Å². The second-order valence-corrected chi connectivity index (χ2v) is 6.18. The van der Waals surface area contributed by atoms with Gasteiger partial charge in [0.1, 0.15) is 0 Å². The highest BCUT2D eigenvalue weighted by Gasteiger charge is 2.32. The molecule has 2 aliphatic carbocycles. The monoisotopic (exact) mass is 275 g/mol. The van der Waals surface area contributed by atoms with Gasteiger partial charge in [0.2, 0.25) is 5.91 Å². The van der Waals surface area contributed by atoms with E-state index in [2.05, 4.69) is 21.8 Å². The highest BCUT2D eigenvalue weighted by atomic mass is 16.2. The van der Waals surface area contributed by atoms with Crippen molar-refractivity contribution >= 4 is 5.91 Å². The van der Waals surface area contributed by atoms with E-state index in [0.29, 0.717) is 11.9 Å². The van der Waals surface area contributed by atoms with Gasteiger partial charge in [-0.2, -0.15) is 0 Å². The molecule has 1 atom stereocenters. The summed E-state index contributed by atoms with van der Waals surface area (Å²) in [6.07, 6.45) is 10.8. The zero-order valence-electron chi connectivity index (χ0n) is 12.4. The lowest BCUT2D eigenvalue weighted by Crippen LogP contribution is -2.45. The molecule has 0 spiro atoms. The van der Waals surface area contributed by atoms with E-state index < -0.39 is 0 Å². The van der Waals surface area contributed by atoms with Crippen LogP contribution in [0.15, 0.2) is 6.33 Å². The lowest BCUT2D eigenvalue weighted by atomic mass is 9.87. The number of aryl methyl sites for hydroxylation is 1. The number of carbonyl (C=O) groups excluding carboxylic acids is 1. The molecule has 1 aromatic heterocycles. The zero-order chi connectivity index (χ0) is 13.9. The van der Waals surface area contributed by atoms with Crippen molar-refractivity contribution < 1.29 is 4.79 Å². The Morgan fingerprint density at radius 1 is 1.35 bits per heavy atom. The average molecular weight is 275 g/mol. The second kappa shape index (κ2) is 5.98. The molecule has 1 fully saturated rings. The normalized spacial score (nSPS) is 23.4. The summed E-state index contributed by atoms with van der Waals surface area (Å²) < 4.78 is 0. The molecule has 1 unspecified atom stereocenters. The molecule has 1 saturated carbocycles. The van der Waals surface area contributed by atoms with E-state index in [9.17, 15) is 4.79 Å². The van der Waals surface area contributed by atoms with Crippen LogP contribution in [0.2, 0.25) is 0 Å². The summed E-state index contributed by atoms with van der Waals surface area (Å²) >= 11 is 0. The number of nitrogens with one attached hydrogen (secondary N) is 1. The molecule has 20 heavy (non-hydrogen) atoms. The minimum Gasteiger partial charge on any atom is -0.348 e. The molecule has 0 radical (unpaired) electrons. The van der Waals surface area contributed by atoms with Crippen molar-refractivity contribution in [3.05, 3.63) is 17.7 Å². The lowest BCUT2D eigenvalue weighted by molar-refractivity contribution is -0.138. The molecule has 4 heteroatoms. The summed E-state index contributed by atoms with van der Waals surface area (Å²) in [5, 5.41) is 0. The van der Waals surface area contributed by atoms with Crippen LogP contribution in [-0.4, -0.2) is 33.4 Å². The van der Waals surface area contributed by atoms with Crippen molar-refractivity contribution in [2.75, 3.05) is 6.54 Å². The van der Waals surface area contributed by atoms with E-state index in [1.165, 1.54) is 37.8 Å². The van der Waals surface area contributed by atoms with Crippen LogP contribution in [0.4, 0.5) is 0 Å². The van der Waals surface area contributed by atoms with E-state index in [0.717, 1.165) is 31.5 Å². The summed E-state index contributed by atoms with van der Waals surface area (Å²) in [6.45, 7) is 2.98. The smallest absolute Gasteiger partial charge is 0.226 e. The number of imidazole rings is 1. The molecule has 0 bridgehead atoms. The molecule has 110 valence electrons. The standard InChI is InChI=1S/C16H25N3O/c1-2-19(13-6-4-3-5-7-13)16(20)12-8-9-14-15(10-12)18-11-17-14/h11-13H,2-10H2,1H3,(H,17,18). The minimum absolute atomic E-state index is 0.157. The van der Waals surface area contributed by atoms with Gasteiger partial charge < -0.3 is 9.88 Å². The SMILES string of the molecule is CCN(C(=O)C1CCc2nc[nH]c2C1)C1CCCCC1. The van der Waals surface area contributed by atoms with Gasteiger partial charge in [-0.05, 0) is 32.6 Å².